The third-order valence-electron chi connectivity index (χ3n) is 4.50. The van der Waals surface area contributed by atoms with E-state index in [1.54, 1.807) is 11.9 Å². The third kappa shape index (κ3) is 3.70. The molecule has 0 aliphatic rings. The van der Waals surface area contributed by atoms with Crippen molar-refractivity contribution in [1.82, 2.24) is 14.5 Å². The lowest BCUT2D eigenvalue weighted by molar-refractivity contribution is -0.130. The summed E-state index contributed by atoms with van der Waals surface area (Å²) in [6.45, 7) is 4.84. The molecule has 2 aromatic heterocycles. The Morgan fingerprint density at radius 2 is 2.00 bits per heavy atom. The lowest BCUT2D eigenvalue weighted by Gasteiger charge is -2.17. The summed E-state index contributed by atoms with van der Waals surface area (Å²) in [5.74, 6) is -0.0752. The summed E-state index contributed by atoms with van der Waals surface area (Å²) in [6, 6.07) is 8.08. The molecule has 0 saturated heterocycles. The number of benzene rings is 1. The van der Waals surface area contributed by atoms with Crippen LogP contribution >= 0.6 is 11.3 Å². The van der Waals surface area contributed by atoms with Crippen LogP contribution in [0.25, 0.3) is 21.3 Å². The molecule has 1 aromatic carbocycles. The molecule has 5 nitrogen and oxygen atoms in total. The van der Waals surface area contributed by atoms with Gasteiger partial charge in [0.15, 0.2) is 0 Å². The molecule has 3 aromatic rings. The van der Waals surface area contributed by atoms with Crippen molar-refractivity contribution in [2.75, 3.05) is 13.6 Å². The van der Waals surface area contributed by atoms with Crippen LogP contribution in [0.3, 0.4) is 0 Å². The Balaban J connectivity index is 1.95. The van der Waals surface area contributed by atoms with Gasteiger partial charge in [-0.25, -0.2) is 4.98 Å². The van der Waals surface area contributed by atoms with Crippen molar-refractivity contribution in [3.63, 3.8) is 0 Å². The normalized spacial score (nSPS) is 11.0. The van der Waals surface area contributed by atoms with Gasteiger partial charge in [0.25, 0.3) is 5.56 Å². The number of aromatic nitrogens is 2. The molecule has 3 rings (SSSR count). The minimum atomic E-state index is -0.163. The molecule has 0 saturated carbocycles. The number of carbonyl (C=O) groups excluding carboxylic acids is 1. The fraction of sp³-hybridized carbons (Fsp3) is 0.350. The first kappa shape index (κ1) is 18.3. The molecule has 26 heavy (non-hydrogen) atoms. The summed E-state index contributed by atoms with van der Waals surface area (Å²) in [6.07, 6.45) is 3.46. The maximum Gasteiger partial charge on any atom is 0.263 e. The van der Waals surface area contributed by atoms with E-state index >= 15 is 0 Å². The smallest absolute Gasteiger partial charge is 0.263 e. The predicted octanol–water partition coefficient (Wildman–Crippen LogP) is 3.69. The largest absolute Gasteiger partial charge is 0.344 e. The van der Waals surface area contributed by atoms with Crippen LogP contribution in [0.1, 0.15) is 25.3 Å². The van der Waals surface area contributed by atoms with Gasteiger partial charge in [-0.1, -0.05) is 43.2 Å². The van der Waals surface area contributed by atoms with Crippen LogP contribution in [0.4, 0.5) is 0 Å². The number of thiophene rings is 1. The minimum Gasteiger partial charge on any atom is -0.344 e. The lowest BCUT2D eigenvalue weighted by Crippen LogP contribution is -2.34. The van der Waals surface area contributed by atoms with E-state index in [0.717, 1.165) is 24.0 Å². The minimum absolute atomic E-state index is 0.0190. The second-order valence-corrected chi connectivity index (χ2v) is 7.40. The van der Waals surface area contributed by atoms with Crippen LogP contribution < -0.4 is 5.56 Å². The SMILES string of the molecule is CCCCN(C)C(=O)Cn1cnc2scc(-c3ccc(C)cc3)c2c1=O. The average molecular weight is 369 g/mol. The van der Waals surface area contributed by atoms with Crippen molar-refractivity contribution >= 4 is 27.5 Å². The first-order valence-electron chi connectivity index (χ1n) is 8.79. The van der Waals surface area contributed by atoms with Gasteiger partial charge in [0.05, 0.1) is 11.7 Å². The van der Waals surface area contributed by atoms with Gasteiger partial charge in [0, 0.05) is 24.5 Å². The second kappa shape index (κ2) is 7.83. The van der Waals surface area contributed by atoms with Crippen molar-refractivity contribution in [3.05, 3.63) is 51.9 Å². The average Bonchev–Trinajstić information content (AvgIpc) is 3.07. The maximum absolute atomic E-state index is 13.0. The van der Waals surface area contributed by atoms with Crippen molar-refractivity contribution in [2.24, 2.45) is 0 Å². The summed E-state index contributed by atoms with van der Waals surface area (Å²) in [7, 11) is 1.78. The molecule has 6 heteroatoms. The number of nitrogens with zero attached hydrogens (tertiary/aromatic N) is 3. The van der Waals surface area contributed by atoms with E-state index in [9.17, 15) is 9.59 Å². The summed E-state index contributed by atoms with van der Waals surface area (Å²) >= 11 is 1.45. The van der Waals surface area contributed by atoms with E-state index < -0.39 is 0 Å². The number of fused-ring (bicyclic) bond motifs is 1. The first-order valence-corrected chi connectivity index (χ1v) is 9.67. The van der Waals surface area contributed by atoms with Crippen LogP contribution in [0.5, 0.6) is 0 Å². The van der Waals surface area contributed by atoms with E-state index in [2.05, 4.69) is 11.9 Å². The maximum atomic E-state index is 13.0. The van der Waals surface area contributed by atoms with Gasteiger partial charge in [0.1, 0.15) is 11.4 Å². The molecule has 0 unspecified atom stereocenters. The van der Waals surface area contributed by atoms with Crippen LogP contribution in [-0.2, 0) is 11.3 Å². The lowest BCUT2D eigenvalue weighted by atomic mass is 10.1. The Labute approximate surface area is 156 Å². The summed E-state index contributed by atoms with van der Waals surface area (Å²) in [4.78, 5) is 32.1. The van der Waals surface area contributed by atoms with Crippen molar-refractivity contribution in [2.45, 2.75) is 33.2 Å². The molecule has 0 N–H and O–H groups in total. The van der Waals surface area contributed by atoms with Gasteiger partial charge in [-0.05, 0) is 18.9 Å². The van der Waals surface area contributed by atoms with Crippen molar-refractivity contribution < 1.29 is 4.79 Å². The number of hydrogen-bond acceptors (Lipinski definition) is 4. The zero-order valence-corrected chi connectivity index (χ0v) is 16.2. The Morgan fingerprint density at radius 3 is 2.69 bits per heavy atom. The number of amides is 1. The molecule has 0 atom stereocenters. The zero-order valence-electron chi connectivity index (χ0n) is 15.4. The Morgan fingerprint density at radius 1 is 1.27 bits per heavy atom. The van der Waals surface area contributed by atoms with E-state index in [1.807, 2.05) is 36.6 Å². The highest BCUT2D eigenvalue weighted by Gasteiger charge is 2.16. The standard InChI is InChI=1S/C20H23N3O2S/c1-4-5-10-22(3)17(24)11-23-13-21-19-18(20(23)25)16(12-26-19)15-8-6-14(2)7-9-15/h6-9,12-13H,4-5,10-11H2,1-3H3. The van der Waals surface area contributed by atoms with Gasteiger partial charge >= 0.3 is 0 Å². The molecule has 0 aliphatic carbocycles. The number of carbonyl (C=O) groups is 1. The topological polar surface area (TPSA) is 55.2 Å². The van der Waals surface area contributed by atoms with Gasteiger partial charge in [-0.3, -0.25) is 14.2 Å². The number of rotatable bonds is 6. The highest BCUT2D eigenvalue weighted by Crippen LogP contribution is 2.30. The number of likely N-dealkylation sites (N-methyl/N-ethyl adjacent to an activating group) is 1. The van der Waals surface area contributed by atoms with Crippen LogP contribution in [0, 0.1) is 6.92 Å². The summed E-state index contributed by atoms with van der Waals surface area (Å²) in [5.41, 5.74) is 2.88. The van der Waals surface area contributed by atoms with Gasteiger partial charge in [0.2, 0.25) is 5.91 Å². The molecular formula is C20H23N3O2S. The van der Waals surface area contributed by atoms with E-state index in [-0.39, 0.29) is 18.0 Å². The van der Waals surface area contributed by atoms with Gasteiger partial charge in [-0.15, -0.1) is 11.3 Å². The molecule has 0 radical (unpaired) electrons. The number of hydrogen-bond donors (Lipinski definition) is 0. The molecule has 0 bridgehead atoms. The van der Waals surface area contributed by atoms with Crippen LogP contribution in [0.2, 0.25) is 0 Å². The molecular weight excluding hydrogens is 346 g/mol. The quantitative estimate of drug-likeness (QED) is 0.666. The highest BCUT2D eigenvalue weighted by atomic mass is 32.1. The van der Waals surface area contributed by atoms with E-state index in [4.69, 9.17) is 0 Å². The van der Waals surface area contributed by atoms with Crippen LogP contribution in [0.15, 0.2) is 40.8 Å². The third-order valence-corrected chi connectivity index (χ3v) is 5.39. The predicted molar refractivity (Wildman–Crippen MR) is 107 cm³/mol. The summed E-state index contributed by atoms with van der Waals surface area (Å²) in [5, 5.41) is 2.55. The van der Waals surface area contributed by atoms with E-state index in [1.165, 1.54) is 27.8 Å². The molecule has 0 spiro atoms. The highest BCUT2D eigenvalue weighted by molar-refractivity contribution is 7.17. The Hall–Kier alpha value is -2.47. The molecule has 0 aliphatic heterocycles. The number of unbranched alkanes of at least 4 members (excludes halogenated alkanes) is 1. The molecule has 1 amide bonds. The zero-order chi connectivity index (χ0) is 18.7. The Bertz CT molecular complexity index is 973. The van der Waals surface area contributed by atoms with Gasteiger partial charge in [-0.2, -0.15) is 0 Å². The first-order chi connectivity index (χ1) is 12.5. The monoisotopic (exact) mass is 369 g/mol. The molecule has 136 valence electrons. The molecule has 2 heterocycles. The Kier molecular flexibility index (Phi) is 5.52. The van der Waals surface area contributed by atoms with Crippen LogP contribution in [-0.4, -0.2) is 34.0 Å². The van der Waals surface area contributed by atoms with Crippen molar-refractivity contribution in [3.8, 4) is 11.1 Å². The second-order valence-electron chi connectivity index (χ2n) is 6.54. The van der Waals surface area contributed by atoms with E-state index in [0.29, 0.717) is 16.8 Å². The fourth-order valence-electron chi connectivity index (χ4n) is 2.81. The number of aryl methyl sites for hydroxylation is 1. The fourth-order valence-corrected chi connectivity index (χ4v) is 3.72. The summed E-state index contributed by atoms with van der Waals surface area (Å²) < 4.78 is 1.41. The van der Waals surface area contributed by atoms with Crippen molar-refractivity contribution in [1.29, 1.82) is 0 Å². The molecule has 0 fully saturated rings. The van der Waals surface area contributed by atoms with Gasteiger partial charge < -0.3 is 4.90 Å².